The fraction of sp³-hybridized carbons (Fsp3) is 0.545. The van der Waals surface area contributed by atoms with Gasteiger partial charge in [0, 0.05) is 10.9 Å². The van der Waals surface area contributed by atoms with Crippen LogP contribution in [-0.2, 0) is 9.53 Å². The molecule has 2 aliphatic rings. The van der Waals surface area contributed by atoms with Crippen molar-refractivity contribution >= 4 is 21.8 Å². The molecule has 1 unspecified atom stereocenters. The number of nitrogens with one attached hydrogen (secondary N) is 1. The van der Waals surface area contributed by atoms with Crippen molar-refractivity contribution in [2.45, 2.75) is 30.1 Å². The first-order valence-electron chi connectivity index (χ1n) is 5.18. The number of alkyl halides is 1. The summed E-state index contributed by atoms with van der Waals surface area (Å²) in [5.41, 5.74) is 0. The van der Waals surface area contributed by atoms with Crippen LogP contribution in [0.3, 0.4) is 0 Å². The second-order valence-corrected chi connectivity index (χ2v) is 5.03. The van der Waals surface area contributed by atoms with Crippen molar-refractivity contribution in [1.82, 2.24) is 5.32 Å². The van der Waals surface area contributed by atoms with Crippen LogP contribution in [0, 0.1) is 0 Å². The van der Waals surface area contributed by atoms with Gasteiger partial charge in [0.2, 0.25) is 0 Å². The highest BCUT2D eigenvalue weighted by Crippen LogP contribution is 2.19. The van der Waals surface area contributed by atoms with Gasteiger partial charge in [-0.15, -0.1) is 0 Å². The molecule has 1 N–H and O–H groups in total. The Hall–Kier alpha value is -0.770. The van der Waals surface area contributed by atoms with E-state index in [4.69, 9.17) is 4.74 Å². The minimum absolute atomic E-state index is 0.0245. The average molecular weight is 272 g/mol. The molecule has 4 heteroatoms. The van der Waals surface area contributed by atoms with Gasteiger partial charge in [0.1, 0.15) is 5.76 Å². The summed E-state index contributed by atoms with van der Waals surface area (Å²) in [5, 5.41) is 2.88. The molecule has 0 bridgehead atoms. The summed E-state index contributed by atoms with van der Waals surface area (Å²) in [6.45, 7) is 0.117. The molecule has 1 saturated carbocycles. The molecule has 0 saturated heterocycles. The van der Waals surface area contributed by atoms with Crippen LogP contribution in [0.1, 0.15) is 19.3 Å². The molecule has 3 nitrogen and oxygen atoms in total. The second kappa shape index (κ2) is 4.84. The zero-order valence-electron chi connectivity index (χ0n) is 8.41. The fourth-order valence-electron chi connectivity index (χ4n) is 1.36. The Morgan fingerprint density at radius 3 is 3.07 bits per heavy atom. The van der Waals surface area contributed by atoms with Gasteiger partial charge in [-0.2, -0.15) is 0 Å². The van der Waals surface area contributed by atoms with Crippen LogP contribution < -0.4 is 5.32 Å². The van der Waals surface area contributed by atoms with Gasteiger partial charge in [-0.3, -0.25) is 4.79 Å². The van der Waals surface area contributed by atoms with Crippen LogP contribution in [0.4, 0.5) is 0 Å². The van der Waals surface area contributed by atoms with E-state index in [1.165, 1.54) is 0 Å². The number of ether oxygens (including phenoxy) is 1. The average Bonchev–Trinajstić information content (AvgIpc) is 2.99. The maximum Gasteiger partial charge on any atom is 0.258 e. The Labute approximate surface area is 97.7 Å². The Balaban J connectivity index is 1.72. The van der Waals surface area contributed by atoms with E-state index >= 15 is 0 Å². The number of hydrogen-bond donors (Lipinski definition) is 1. The Bertz CT molecular complexity index is 308. The summed E-state index contributed by atoms with van der Waals surface area (Å²) in [7, 11) is 0. The number of carbonyl (C=O) groups excluding carboxylic acids is 1. The normalized spacial score (nSPS) is 24.6. The molecule has 0 spiro atoms. The summed E-state index contributed by atoms with van der Waals surface area (Å²) in [6.07, 6.45) is 9.11. The largest absolute Gasteiger partial charge is 0.484 e. The molecule has 82 valence electrons. The van der Waals surface area contributed by atoms with Crippen molar-refractivity contribution < 1.29 is 9.53 Å². The van der Waals surface area contributed by atoms with Crippen molar-refractivity contribution in [3.63, 3.8) is 0 Å². The molecule has 1 fully saturated rings. The smallest absolute Gasteiger partial charge is 0.258 e. The number of amides is 1. The predicted molar refractivity (Wildman–Crippen MR) is 61.7 cm³/mol. The number of allylic oxidation sites excluding steroid dienone is 3. The third-order valence-electron chi connectivity index (χ3n) is 2.30. The van der Waals surface area contributed by atoms with Crippen LogP contribution >= 0.6 is 15.9 Å². The molecule has 2 rings (SSSR count). The molecule has 0 aromatic carbocycles. The van der Waals surface area contributed by atoms with Gasteiger partial charge in [-0.1, -0.05) is 22.0 Å². The fourth-order valence-corrected chi connectivity index (χ4v) is 1.83. The maximum absolute atomic E-state index is 11.3. The topological polar surface area (TPSA) is 38.3 Å². The lowest BCUT2D eigenvalue weighted by Crippen LogP contribution is -2.29. The zero-order valence-corrected chi connectivity index (χ0v) is 10.00. The minimum atomic E-state index is -0.0245. The van der Waals surface area contributed by atoms with Crippen molar-refractivity contribution in [1.29, 1.82) is 0 Å². The highest BCUT2D eigenvalue weighted by atomic mass is 79.9. The standard InChI is InChI=1S/C11H14BrNO2/c12-8-2-1-3-10(6-8)15-7-11(14)13-9-4-5-9/h1,3,6,8-9H,2,4-5,7H2,(H,13,14). The van der Waals surface area contributed by atoms with Crippen LogP contribution in [-0.4, -0.2) is 23.4 Å². The number of hydrogen-bond acceptors (Lipinski definition) is 2. The highest BCUT2D eigenvalue weighted by molar-refractivity contribution is 9.09. The SMILES string of the molecule is O=C(COC1=CC(Br)CC=C1)NC1CC1. The van der Waals surface area contributed by atoms with Gasteiger partial charge < -0.3 is 10.1 Å². The molecule has 0 radical (unpaired) electrons. The molecule has 1 atom stereocenters. The van der Waals surface area contributed by atoms with E-state index in [1.54, 1.807) is 0 Å². The molecule has 0 heterocycles. The van der Waals surface area contributed by atoms with E-state index in [1.807, 2.05) is 18.2 Å². The summed E-state index contributed by atoms with van der Waals surface area (Å²) in [5.74, 6) is 0.748. The van der Waals surface area contributed by atoms with Crippen LogP contribution in [0.15, 0.2) is 24.0 Å². The first-order chi connectivity index (χ1) is 7.24. The van der Waals surface area contributed by atoms with Crippen LogP contribution in [0.25, 0.3) is 0 Å². The zero-order chi connectivity index (χ0) is 10.7. The van der Waals surface area contributed by atoms with E-state index in [9.17, 15) is 4.79 Å². The molecular weight excluding hydrogens is 258 g/mol. The Kier molecular flexibility index (Phi) is 3.46. The van der Waals surface area contributed by atoms with E-state index in [0.29, 0.717) is 10.9 Å². The Morgan fingerprint density at radius 2 is 2.40 bits per heavy atom. The molecule has 0 aromatic heterocycles. The molecule has 1 amide bonds. The summed E-state index contributed by atoms with van der Waals surface area (Å²) >= 11 is 3.48. The first kappa shape index (κ1) is 10.7. The molecule has 0 aromatic rings. The van der Waals surface area contributed by atoms with Gasteiger partial charge in [0.25, 0.3) is 5.91 Å². The lowest BCUT2D eigenvalue weighted by Gasteiger charge is -2.12. The van der Waals surface area contributed by atoms with Crippen molar-refractivity contribution in [3.05, 3.63) is 24.0 Å². The van der Waals surface area contributed by atoms with Crippen molar-refractivity contribution in [2.24, 2.45) is 0 Å². The lowest BCUT2D eigenvalue weighted by molar-refractivity contribution is -0.124. The van der Waals surface area contributed by atoms with E-state index < -0.39 is 0 Å². The maximum atomic E-state index is 11.3. The predicted octanol–water partition coefficient (Wildman–Crippen LogP) is 1.89. The summed E-state index contributed by atoms with van der Waals surface area (Å²) in [4.78, 5) is 11.6. The van der Waals surface area contributed by atoms with Crippen LogP contribution in [0.5, 0.6) is 0 Å². The van der Waals surface area contributed by atoms with Gasteiger partial charge in [-0.05, 0) is 31.4 Å². The van der Waals surface area contributed by atoms with Crippen LogP contribution in [0.2, 0.25) is 0 Å². The number of halogens is 1. The minimum Gasteiger partial charge on any atom is -0.484 e. The van der Waals surface area contributed by atoms with Gasteiger partial charge in [0.15, 0.2) is 6.61 Å². The number of carbonyl (C=O) groups is 1. The monoisotopic (exact) mass is 271 g/mol. The Morgan fingerprint density at radius 1 is 1.60 bits per heavy atom. The quantitative estimate of drug-likeness (QED) is 0.794. The van der Waals surface area contributed by atoms with E-state index in [0.717, 1.165) is 25.0 Å². The first-order valence-corrected chi connectivity index (χ1v) is 6.10. The molecule has 15 heavy (non-hydrogen) atoms. The molecule has 2 aliphatic carbocycles. The lowest BCUT2D eigenvalue weighted by atomic mass is 10.2. The van der Waals surface area contributed by atoms with Gasteiger partial charge in [0.05, 0.1) is 0 Å². The third-order valence-corrected chi connectivity index (χ3v) is 2.94. The summed E-state index contributed by atoms with van der Waals surface area (Å²) < 4.78 is 5.38. The molecular formula is C11H14BrNO2. The third kappa shape index (κ3) is 3.70. The van der Waals surface area contributed by atoms with Gasteiger partial charge >= 0.3 is 0 Å². The van der Waals surface area contributed by atoms with Crippen molar-refractivity contribution in [3.8, 4) is 0 Å². The van der Waals surface area contributed by atoms with E-state index in [2.05, 4.69) is 21.2 Å². The number of rotatable bonds is 4. The second-order valence-electron chi connectivity index (χ2n) is 3.85. The molecule has 0 aliphatic heterocycles. The van der Waals surface area contributed by atoms with E-state index in [-0.39, 0.29) is 12.5 Å². The highest BCUT2D eigenvalue weighted by Gasteiger charge is 2.23. The summed E-state index contributed by atoms with van der Waals surface area (Å²) in [6, 6.07) is 0.404. The van der Waals surface area contributed by atoms with Gasteiger partial charge in [-0.25, -0.2) is 0 Å². The van der Waals surface area contributed by atoms with Crippen molar-refractivity contribution in [2.75, 3.05) is 6.61 Å².